The highest BCUT2D eigenvalue weighted by molar-refractivity contribution is 7.91. The van der Waals surface area contributed by atoms with Gasteiger partial charge in [0.2, 0.25) is 21.8 Å². The maximum Gasteiger partial charge on any atom is 0.573 e. The maximum absolute atomic E-state index is 14.8. The molecule has 2 aromatic rings. The van der Waals surface area contributed by atoms with Gasteiger partial charge in [0, 0.05) is 30.4 Å². The first kappa shape index (κ1) is 44.9. The Hall–Kier alpha value is -4.65. The zero-order valence-corrected chi connectivity index (χ0v) is 35.5. The summed E-state index contributed by atoms with van der Waals surface area (Å²) in [6.07, 6.45) is 1.75. The smallest absolute Gasteiger partial charge is 0.483 e. The molecular weight excluding hydrogens is 812 g/mol. The van der Waals surface area contributed by atoms with E-state index in [-0.39, 0.29) is 38.8 Å². The lowest BCUT2D eigenvalue weighted by molar-refractivity contribution is -0.274. The fraction of sp³-hybridized carbons (Fsp3) is 0.634. The van der Waals surface area contributed by atoms with E-state index >= 15 is 0 Å². The number of nitrogens with one attached hydrogen (secondary N) is 3. The van der Waals surface area contributed by atoms with Crippen LogP contribution in [-0.2, 0) is 40.3 Å². The molecule has 0 bridgehead atoms. The molecule has 4 aliphatic rings. The number of carbonyl (C=O) groups excluding carboxylic acids is 4. The third kappa shape index (κ3) is 10.1. The zero-order valence-electron chi connectivity index (χ0n) is 34.7. The monoisotopic (exact) mass is 865 g/mol. The van der Waals surface area contributed by atoms with E-state index in [9.17, 15) is 40.8 Å². The predicted octanol–water partition coefficient (Wildman–Crippen LogP) is 5.27. The quantitative estimate of drug-likeness (QED) is 0.293. The van der Waals surface area contributed by atoms with Gasteiger partial charge in [-0.3, -0.25) is 19.1 Å². The molecule has 60 heavy (non-hydrogen) atoms. The van der Waals surface area contributed by atoms with Gasteiger partial charge in [0.1, 0.15) is 40.8 Å². The van der Waals surface area contributed by atoms with Crippen LogP contribution >= 0.6 is 0 Å². The van der Waals surface area contributed by atoms with Crippen molar-refractivity contribution < 1.29 is 59.7 Å². The first-order chi connectivity index (χ1) is 28.0. The lowest BCUT2D eigenvalue weighted by Crippen LogP contribution is -2.58. The number of sulfonamides is 1. The van der Waals surface area contributed by atoms with Gasteiger partial charge in [-0.1, -0.05) is 31.9 Å². The van der Waals surface area contributed by atoms with Crippen molar-refractivity contribution in [3.05, 3.63) is 41.6 Å². The van der Waals surface area contributed by atoms with Crippen molar-refractivity contribution in [2.75, 3.05) is 20.3 Å². The van der Waals surface area contributed by atoms with Crippen LogP contribution in [0.2, 0.25) is 0 Å². The summed E-state index contributed by atoms with van der Waals surface area (Å²) in [6, 6.07) is 0.0984. The van der Waals surface area contributed by atoms with Crippen LogP contribution in [0.15, 0.2) is 30.4 Å². The number of allylic oxidation sites excluding steroid dienone is 1. The molecule has 1 saturated carbocycles. The molecular formula is C41H54F3N5O10S. The number of hydrogen-bond donors (Lipinski definition) is 3. The molecule has 1 saturated heterocycles. The Morgan fingerprint density at radius 3 is 2.53 bits per heavy atom. The van der Waals surface area contributed by atoms with Crippen molar-refractivity contribution in [3.8, 4) is 11.5 Å². The summed E-state index contributed by atoms with van der Waals surface area (Å²) in [5, 5.41) is 5.87. The lowest BCUT2D eigenvalue weighted by atomic mass is 9.87. The second-order valence-electron chi connectivity index (χ2n) is 17.3. The van der Waals surface area contributed by atoms with Gasteiger partial charge in [-0.25, -0.2) is 18.2 Å². The highest BCUT2D eigenvalue weighted by Gasteiger charge is 2.55. The van der Waals surface area contributed by atoms with Crippen LogP contribution in [0.1, 0.15) is 96.7 Å². The van der Waals surface area contributed by atoms with Crippen molar-refractivity contribution in [1.29, 1.82) is 0 Å². The van der Waals surface area contributed by atoms with E-state index in [2.05, 4.69) is 25.1 Å². The molecule has 4 heterocycles. The Labute approximate surface area is 347 Å². The first-order valence-corrected chi connectivity index (χ1v) is 21.7. The number of rotatable bonds is 8. The maximum atomic E-state index is 14.8. The average molecular weight is 866 g/mol. The van der Waals surface area contributed by atoms with Gasteiger partial charge in [0.05, 0.1) is 29.1 Å². The molecule has 6 rings (SSSR count). The Kier molecular flexibility index (Phi) is 12.7. The number of alkyl halides is 3. The van der Waals surface area contributed by atoms with Gasteiger partial charge >= 0.3 is 12.5 Å². The van der Waals surface area contributed by atoms with Crippen LogP contribution in [0.3, 0.4) is 0 Å². The topological polar surface area (TPSA) is 192 Å². The number of halogens is 3. The molecule has 19 heteroatoms. The predicted molar refractivity (Wildman–Crippen MR) is 212 cm³/mol. The summed E-state index contributed by atoms with van der Waals surface area (Å²) < 4.78 is 88.6. The van der Waals surface area contributed by atoms with Crippen molar-refractivity contribution in [3.63, 3.8) is 0 Å². The highest BCUT2D eigenvalue weighted by atomic mass is 32.2. The molecule has 330 valence electrons. The molecule has 1 aromatic carbocycles. The number of ether oxygens (including phenoxy) is 4. The molecule has 4 amide bonds. The third-order valence-corrected chi connectivity index (χ3v) is 13.9. The van der Waals surface area contributed by atoms with Crippen molar-refractivity contribution in [2.45, 2.75) is 139 Å². The number of pyridine rings is 1. The number of nitrogens with zero attached hydrogens (tertiary/aromatic N) is 2. The Balaban J connectivity index is 1.36. The summed E-state index contributed by atoms with van der Waals surface area (Å²) in [6.45, 7) is 8.16. The number of alkyl carbamates (subject to hydrolysis) is 1. The van der Waals surface area contributed by atoms with Gasteiger partial charge in [-0.2, -0.15) is 0 Å². The average Bonchev–Trinajstić information content (AvgIpc) is 3.81. The van der Waals surface area contributed by atoms with E-state index in [1.165, 1.54) is 30.2 Å². The van der Waals surface area contributed by atoms with E-state index in [1.807, 2.05) is 6.08 Å². The first-order valence-electron chi connectivity index (χ1n) is 20.3. The summed E-state index contributed by atoms with van der Waals surface area (Å²) >= 11 is 0. The van der Waals surface area contributed by atoms with Gasteiger partial charge in [-0.05, 0) is 90.8 Å². The van der Waals surface area contributed by atoms with Gasteiger partial charge in [0.25, 0.3) is 5.91 Å². The van der Waals surface area contributed by atoms with Crippen LogP contribution < -0.4 is 24.8 Å². The minimum absolute atomic E-state index is 0.0777. The molecule has 15 nitrogen and oxygen atoms in total. The minimum Gasteiger partial charge on any atom is -0.483 e. The third-order valence-electron chi connectivity index (χ3n) is 11.8. The van der Waals surface area contributed by atoms with E-state index in [0.29, 0.717) is 66.4 Å². The number of aromatic nitrogens is 1. The van der Waals surface area contributed by atoms with Crippen molar-refractivity contribution in [1.82, 2.24) is 25.2 Å². The van der Waals surface area contributed by atoms with Crippen LogP contribution in [-0.4, -0.2) is 103 Å². The number of aryl methyl sites for hydroxylation is 2. The molecule has 1 unspecified atom stereocenters. The molecule has 1 spiro atoms. The molecule has 5 atom stereocenters. The Morgan fingerprint density at radius 1 is 1.12 bits per heavy atom. The number of methoxy groups -OCH3 is 1. The number of amides is 4. The van der Waals surface area contributed by atoms with Crippen LogP contribution in [0.25, 0.3) is 10.9 Å². The Morgan fingerprint density at radius 2 is 1.85 bits per heavy atom. The van der Waals surface area contributed by atoms with Crippen LogP contribution in [0.5, 0.6) is 11.5 Å². The summed E-state index contributed by atoms with van der Waals surface area (Å²) in [5.41, 5.74) is -0.808. The zero-order chi connectivity index (χ0) is 43.8. The normalized spacial score (nSPS) is 26.7. The van der Waals surface area contributed by atoms with E-state index < -0.39 is 85.9 Å². The molecule has 3 N–H and O–H groups in total. The summed E-state index contributed by atoms with van der Waals surface area (Å²) in [7, 11) is -2.61. The standard InChI is InChI=1S/C41H54F3N5O10S/c1-24-12-10-8-7-9-11-13-30(46-37(53)59-38(3,4)23-56-6)36(52)49-22-40(21-31(49)34(50)47-32(24)35(51)48-60(54,55)39(5)18-19-39)17-16-27-28-20-26(57-41(42,43)44)14-15-29(28)45-25(2)33(27)58-40/h10,12,14-15,20,24,30-32H,7-9,11,13,16-19,21-23H2,1-6H3,(H,46,53)(H,47,50)(H,48,51)/b12-10-/t24-,30-,31-,32?,40+/m0/s1. The fourth-order valence-corrected chi connectivity index (χ4v) is 9.49. The second-order valence-corrected chi connectivity index (χ2v) is 19.5. The van der Waals surface area contributed by atoms with E-state index in [4.69, 9.17) is 14.2 Å². The molecule has 1 aromatic heterocycles. The molecule has 3 aliphatic heterocycles. The number of benzene rings is 1. The second kappa shape index (κ2) is 17.0. The van der Waals surface area contributed by atoms with E-state index in [1.54, 1.807) is 40.7 Å². The molecule has 2 fully saturated rings. The number of fused-ring (bicyclic) bond motifs is 4. The SMILES string of the molecule is COCC(C)(C)OC(=O)N[C@H]1CCCCC/C=C\[C@H](C)C(C(=O)NS(=O)(=O)C2(C)CC2)NC(=O)[C@@H]2C[C@]3(CCc4c(c(C)nc5ccc(OC(F)(F)F)cc45)O3)CN2C1=O. The molecule has 1 aliphatic carbocycles. The largest absolute Gasteiger partial charge is 0.573 e. The molecule has 0 radical (unpaired) electrons. The van der Waals surface area contributed by atoms with Gasteiger partial charge in [-0.15, -0.1) is 13.2 Å². The summed E-state index contributed by atoms with van der Waals surface area (Å²) in [4.78, 5) is 62.4. The number of hydrogen-bond acceptors (Lipinski definition) is 11. The lowest BCUT2D eigenvalue weighted by Gasteiger charge is -2.37. The van der Waals surface area contributed by atoms with E-state index in [0.717, 1.165) is 0 Å². The van der Waals surface area contributed by atoms with Gasteiger partial charge in [0.15, 0.2) is 0 Å². The van der Waals surface area contributed by atoms with Crippen molar-refractivity contribution in [2.24, 2.45) is 5.92 Å². The highest BCUT2D eigenvalue weighted by Crippen LogP contribution is 2.46. The fourth-order valence-electron chi connectivity index (χ4n) is 8.21. The Bertz CT molecular complexity index is 2140. The van der Waals surface area contributed by atoms with Crippen molar-refractivity contribution >= 4 is 44.7 Å². The number of carbonyl (C=O) groups is 4. The minimum atomic E-state index is -4.92. The van der Waals surface area contributed by atoms with Crippen LogP contribution in [0, 0.1) is 12.8 Å². The van der Waals surface area contributed by atoms with Crippen LogP contribution in [0.4, 0.5) is 18.0 Å². The summed E-state index contributed by atoms with van der Waals surface area (Å²) in [5.74, 6) is -3.06. The van der Waals surface area contributed by atoms with Gasteiger partial charge < -0.3 is 34.5 Å².